The zero-order valence-corrected chi connectivity index (χ0v) is 8.67. The van der Waals surface area contributed by atoms with Crippen LogP contribution in [0.15, 0.2) is 12.3 Å². The van der Waals surface area contributed by atoms with Crippen molar-refractivity contribution in [1.29, 1.82) is 0 Å². The van der Waals surface area contributed by atoms with Crippen molar-refractivity contribution in [2.75, 3.05) is 0 Å². The first-order chi connectivity index (χ1) is 6.27. The van der Waals surface area contributed by atoms with Gasteiger partial charge in [-0.25, -0.2) is 0 Å². The van der Waals surface area contributed by atoms with E-state index >= 15 is 0 Å². The molecular weight excluding hydrogens is 184 g/mol. The van der Waals surface area contributed by atoms with E-state index in [9.17, 15) is 0 Å². The fraction of sp³-hybridized carbons (Fsp3) is 0.700. The minimum absolute atomic E-state index is 0.271. The van der Waals surface area contributed by atoms with Crippen molar-refractivity contribution in [2.24, 2.45) is 0 Å². The van der Waals surface area contributed by atoms with Gasteiger partial charge in [0.15, 0.2) is 0 Å². The number of hydrogen-bond donors (Lipinski definition) is 0. The normalized spacial score (nSPS) is 29.1. The summed E-state index contributed by atoms with van der Waals surface area (Å²) in [4.78, 5) is 0. The van der Waals surface area contributed by atoms with Crippen molar-refractivity contribution in [2.45, 2.75) is 44.0 Å². The molecule has 72 valence electrons. The molecule has 0 aromatic carbocycles. The van der Waals surface area contributed by atoms with Crippen LogP contribution in [-0.4, -0.2) is 15.2 Å². The van der Waals surface area contributed by atoms with E-state index in [1.54, 1.807) is 0 Å². The number of hydrogen-bond acceptors (Lipinski definition) is 1. The zero-order chi connectivity index (χ0) is 9.26. The van der Waals surface area contributed by atoms with E-state index in [4.69, 9.17) is 11.6 Å². The molecule has 2 rings (SSSR count). The van der Waals surface area contributed by atoms with Gasteiger partial charge in [0.05, 0.1) is 17.1 Å². The van der Waals surface area contributed by atoms with Gasteiger partial charge in [-0.3, -0.25) is 4.68 Å². The molecule has 1 aliphatic rings. The largest absolute Gasteiger partial charge is 0.268 e. The summed E-state index contributed by atoms with van der Waals surface area (Å²) >= 11 is 6.27. The number of halogens is 1. The molecule has 0 amide bonds. The van der Waals surface area contributed by atoms with E-state index in [-0.39, 0.29) is 5.38 Å². The molecule has 1 aliphatic carbocycles. The summed E-state index contributed by atoms with van der Waals surface area (Å²) in [6.45, 7) is 2.02. The van der Waals surface area contributed by atoms with Gasteiger partial charge in [0.2, 0.25) is 0 Å². The van der Waals surface area contributed by atoms with Gasteiger partial charge in [0.1, 0.15) is 0 Å². The third kappa shape index (κ3) is 1.88. The second-order valence-corrected chi connectivity index (χ2v) is 4.37. The maximum atomic E-state index is 6.27. The first kappa shape index (κ1) is 9.07. The Bertz CT molecular complexity index is 282. The van der Waals surface area contributed by atoms with E-state index in [0.717, 1.165) is 12.1 Å². The molecule has 0 bridgehead atoms. The lowest BCUT2D eigenvalue weighted by Gasteiger charge is -2.27. The molecular formula is C10H15ClN2. The minimum Gasteiger partial charge on any atom is -0.268 e. The van der Waals surface area contributed by atoms with Crippen molar-refractivity contribution < 1.29 is 0 Å². The standard InChI is InChI=1S/C10H15ClN2/c1-8-6-7-13(12-8)10-5-3-2-4-9(10)11/h6-7,9-10H,2-5H2,1H3. The Morgan fingerprint density at radius 3 is 2.85 bits per heavy atom. The van der Waals surface area contributed by atoms with Crippen LogP contribution < -0.4 is 0 Å². The van der Waals surface area contributed by atoms with Crippen molar-refractivity contribution in [1.82, 2.24) is 9.78 Å². The fourth-order valence-corrected chi connectivity index (χ4v) is 2.38. The highest BCUT2D eigenvalue weighted by molar-refractivity contribution is 6.21. The van der Waals surface area contributed by atoms with Gasteiger partial charge >= 0.3 is 0 Å². The molecule has 0 N–H and O–H groups in total. The summed E-state index contributed by atoms with van der Waals surface area (Å²) in [5, 5.41) is 4.69. The number of aromatic nitrogens is 2. The van der Waals surface area contributed by atoms with E-state index in [1.165, 1.54) is 19.3 Å². The molecule has 3 heteroatoms. The number of rotatable bonds is 1. The van der Waals surface area contributed by atoms with E-state index in [2.05, 4.69) is 5.10 Å². The van der Waals surface area contributed by atoms with Crippen LogP contribution >= 0.6 is 11.6 Å². The van der Waals surface area contributed by atoms with Gasteiger partial charge in [-0.2, -0.15) is 5.10 Å². The SMILES string of the molecule is Cc1ccn(C2CCCCC2Cl)n1. The van der Waals surface area contributed by atoms with Gasteiger partial charge in [0, 0.05) is 6.20 Å². The molecule has 0 saturated heterocycles. The van der Waals surface area contributed by atoms with Crippen molar-refractivity contribution in [3.05, 3.63) is 18.0 Å². The van der Waals surface area contributed by atoms with Gasteiger partial charge in [-0.1, -0.05) is 12.8 Å². The summed E-state index contributed by atoms with van der Waals surface area (Å²) in [5.74, 6) is 0. The van der Waals surface area contributed by atoms with Gasteiger partial charge in [-0.05, 0) is 25.8 Å². The second kappa shape index (κ2) is 3.70. The molecule has 0 aliphatic heterocycles. The van der Waals surface area contributed by atoms with Gasteiger partial charge in [0.25, 0.3) is 0 Å². The summed E-state index contributed by atoms with van der Waals surface area (Å²) in [6, 6.07) is 2.46. The average molecular weight is 199 g/mol. The Kier molecular flexibility index (Phi) is 2.58. The van der Waals surface area contributed by atoms with Gasteiger partial charge < -0.3 is 0 Å². The molecule has 0 spiro atoms. The third-order valence-corrected chi connectivity index (χ3v) is 3.24. The van der Waals surface area contributed by atoms with Crippen LogP contribution in [0, 0.1) is 6.92 Å². The van der Waals surface area contributed by atoms with Crippen molar-refractivity contribution in [3.8, 4) is 0 Å². The predicted molar refractivity (Wildman–Crippen MR) is 54.1 cm³/mol. The Labute approximate surface area is 83.9 Å². The molecule has 1 heterocycles. The zero-order valence-electron chi connectivity index (χ0n) is 7.91. The molecule has 0 radical (unpaired) electrons. The maximum absolute atomic E-state index is 6.27. The first-order valence-electron chi connectivity index (χ1n) is 4.93. The minimum atomic E-state index is 0.271. The molecule has 1 aromatic rings. The van der Waals surface area contributed by atoms with Gasteiger partial charge in [-0.15, -0.1) is 11.6 Å². The Hall–Kier alpha value is -0.500. The topological polar surface area (TPSA) is 17.8 Å². The van der Waals surface area contributed by atoms with Crippen LogP contribution in [0.2, 0.25) is 0 Å². The smallest absolute Gasteiger partial charge is 0.0682 e. The van der Waals surface area contributed by atoms with Crippen LogP contribution in [0.25, 0.3) is 0 Å². The Morgan fingerprint density at radius 1 is 1.46 bits per heavy atom. The van der Waals surface area contributed by atoms with Crippen LogP contribution in [0.1, 0.15) is 37.4 Å². The first-order valence-corrected chi connectivity index (χ1v) is 5.37. The molecule has 2 nitrogen and oxygen atoms in total. The number of alkyl halides is 1. The van der Waals surface area contributed by atoms with Crippen LogP contribution in [0.5, 0.6) is 0 Å². The van der Waals surface area contributed by atoms with Crippen LogP contribution in [0.3, 0.4) is 0 Å². The summed E-state index contributed by atoms with van der Waals surface area (Å²) < 4.78 is 2.03. The molecule has 13 heavy (non-hydrogen) atoms. The highest BCUT2D eigenvalue weighted by Crippen LogP contribution is 2.31. The second-order valence-electron chi connectivity index (χ2n) is 3.80. The lowest BCUT2D eigenvalue weighted by atomic mass is 9.95. The number of aryl methyl sites for hydroxylation is 1. The van der Waals surface area contributed by atoms with Crippen LogP contribution in [-0.2, 0) is 0 Å². The Balaban J connectivity index is 2.14. The number of nitrogens with zero attached hydrogens (tertiary/aromatic N) is 2. The van der Waals surface area contributed by atoms with E-state index in [1.807, 2.05) is 23.9 Å². The molecule has 1 saturated carbocycles. The van der Waals surface area contributed by atoms with Crippen LogP contribution in [0.4, 0.5) is 0 Å². The molecule has 1 aromatic heterocycles. The lowest BCUT2D eigenvalue weighted by molar-refractivity contribution is 0.335. The van der Waals surface area contributed by atoms with E-state index < -0.39 is 0 Å². The fourth-order valence-electron chi connectivity index (χ4n) is 1.98. The molecule has 1 fully saturated rings. The quantitative estimate of drug-likeness (QED) is 0.635. The predicted octanol–water partition coefficient (Wildman–Crippen LogP) is 2.91. The maximum Gasteiger partial charge on any atom is 0.0682 e. The Morgan fingerprint density at radius 2 is 2.23 bits per heavy atom. The summed E-state index contributed by atoms with van der Waals surface area (Å²) in [5.41, 5.74) is 1.08. The summed E-state index contributed by atoms with van der Waals surface area (Å²) in [6.07, 6.45) is 6.90. The molecule has 2 atom stereocenters. The van der Waals surface area contributed by atoms with Crippen molar-refractivity contribution >= 4 is 11.6 Å². The van der Waals surface area contributed by atoms with Crippen molar-refractivity contribution in [3.63, 3.8) is 0 Å². The lowest BCUT2D eigenvalue weighted by Crippen LogP contribution is -2.24. The third-order valence-electron chi connectivity index (χ3n) is 2.73. The molecule has 2 unspecified atom stereocenters. The monoisotopic (exact) mass is 198 g/mol. The van der Waals surface area contributed by atoms with E-state index in [0.29, 0.717) is 6.04 Å². The highest BCUT2D eigenvalue weighted by atomic mass is 35.5. The average Bonchev–Trinajstić information content (AvgIpc) is 2.53. The highest BCUT2D eigenvalue weighted by Gasteiger charge is 2.24. The summed E-state index contributed by atoms with van der Waals surface area (Å²) in [7, 11) is 0.